The van der Waals surface area contributed by atoms with Gasteiger partial charge in [0, 0.05) is 31.5 Å². The lowest BCUT2D eigenvalue weighted by Gasteiger charge is -2.07. The van der Waals surface area contributed by atoms with Gasteiger partial charge in [0.05, 0.1) is 4.92 Å². The molecule has 20 heavy (non-hydrogen) atoms. The summed E-state index contributed by atoms with van der Waals surface area (Å²) in [5, 5.41) is 13.7. The Bertz CT molecular complexity index is 632. The largest absolute Gasteiger partial charge is 0.309 e. The van der Waals surface area contributed by atoms with Gasteiger partial charge in [0.25, 0.3) is 0 Å². The molecule has 1 N–H and O–H groups in total. The van der Waals surface area contributed by atoms with Crippen molar-refractivity contribution in [1.82, 2.24) is 10.3 Å². The van der Waals surface area contributed by atoms with Gasteiger partial charge in [0.2, 0.25) is 5.82 Å². The van der Waals surface area contributed by atoms with E-state index in [2.05, 4.69) is 10.3 Å². The molecule has 0 aliphatic carbocycles. The van der Waals surface area contributed by atoms with Gasteiger partial charge in [0.1, 0.15) is 0 Å². The minimum Gasteiger partial charge on any atom is -0.309 e. The molecule has 2 aromatic rings. The van der Waals surface area contributed by atoms with Gasteiger partial charge >= 0.3 is 5.69 Å². The summed E-state index contributed by atoms with van der Waals surface area (Å²) in [5.74, 6) is -0.813. The molecule has 1 aromatic heterocycles. The van der Waals surface area contributed by atoms with Crippen LogP contribution in [0, 0.1) is 22.9 Å². The van der Waals surface area contributed by atoms with E-state index < -0.39 is 16.4 Å². The van der Waals surface area contributed by atoms with Crippen molar-refractivity contribution in [2.45, 2.75) is 20.0 Å². The predicted octanol–water partition coefficient (Wildman–Crippen LogP) is 2.73. The van der Waals surface area contributed by atoms with Gasteiger partial charge in [-0.25, -0.2) is 0 Å². The highest BCUT2D eigenvalue weighted by atomic mass is 19.1. The maximum Gasteiger partial charge on any atom is 0.304 e. The number of nitrogens with zero attached hydrogens (tertiary/aromatic N) is 2. The number of hydrogen-bond acceptors (Lipinski definition) is 4. The summed E-state index contributed by atoms with van der Waals surface area (Å²) < 4.78 is 13.4. The van der Waals surface area contributed by atoms with Crippen LogP contribution in [-0.2, 0) is 13.1 Å². The molecule has 0 amide bonds. The van der Waals surface area contributed by atoms with Crippen LogP contribution in [0.2, 0.25) is 0 Å². The van der Waals surface area contributed by atoms with Crippen molar-refractivity contribution in [3.05, 3.63) is 69.3 Å². The quantitative estimate of drug-likeness (QED) is 0.673. The zero-order valence-electron chi connectivity index (χ0n) is 11.0. The normalized spacial score (nSPS) is 10.5. The number of halogens is 1. The molecule has 0 saturated heterocycles. The number of nitro benzene ring substituents is 1. The Balaban J connectivity index is 1.97. The van der Waals surface area contributed by atoms with Crippen LogP contribution in [0.4, 0.5) is 10.1 Å². The minimum absolute atomic E-state index is 0.434. The second-order valence-electron chi connectivity index (χ2n) is 4.45. The highest BCUT2D eigenvalue weighted by Crippen LogP contribution is 2.18. The molecule has 0 aliphatic heterocycles. The van der Waals surface area contributed by atoms with E-state index in [4.69, 9.17) is 0 Å². The predicted molar refractivity (Wildman–Crippen MR) is 72.6 cm³/mol. The summed E-state index contributed by atoms with van der Waals surface area (Å²) in [6, 6.07) is 5.83. The fraction of sp³-hybridized carbons (Fsp3) is 0.214. The van der Waals surface area contributed by atoms with Crippen LogP contribution in [0.1, 0.15) is 16.7 Å². The molecule has 2 rings (SSSR count). The van der Waals surface area contributed by atoms with E-state index in [0.717, 1.165) is 11.1 Å². The van der Waals surface area contributed by atoms with Gasteiger partial charge in [0.15, 0.2) is 0 Å². The Morgan fingerprint density at radius 2 is 2.15 bits per heavy atom. The first-order valence-electron chi connectivity index (χ1n) is 6.11. The Kier molecular flexibility index (Phi) is 4.37. The van der Waals surface area contributed by atoms with Gasteiger partial charge in [-0.3, -0.25) is 15.1 Å². The van der Waals surface area contributed by atoms with Crippen molar-refractivity contribution in [2.75, 3.05) is 0 Å². The summed E-state index contributed by atoms with van der Waals surface area (Å²) >= 11 is 0. The number of hydrogen-bond donors (Lipinski definition) is 1. The lowest BCUT2D eigenvalue weighted by molar-refractivity contribution is -0.387. The average Bonchev–Trinajstić information content (AvgIpc) is 2.40. The van der Waals surface area contributed by atoms with Gasteiger partial charge in [-0.15, -0.1) is 0 Å². The van der Waals surface area contributed by atoms with Gasteiger partial charge in [-0.1, -0.05) is 6.07 Å². The SMILES string of the molecule is Cc1ccncc1CNCc1ccc([N+](=O)[O-])c(F)c1. The van der Waals surface area contributed by atoms with E-state index in [1.807, 2.05) is 13.0 Å². The Labute approximate surface area is 115 Å². The zero-order chi connectivity index (χ0) is 14.5. The second-order valence-corrected chi connectivity index (χ2v) is 4.45. The molecule has 0 radical (unpaired) electrons. The van der Waals surface area contributed by atoms with Crippen molar-refractivity contribution >= 4 is 5.69 Å². The molecule has 5 nitrogen and oxygen atoms in total. The van der Waals surface area contributed by atoms with E-state index in [9.17, 15) is 14.5 Å². The summed E-state index contributed by atoms with van der Waals surface area (Å²) in [4.78, 5) is 13.8. The van der Waals surface area contributed by atoms with E-state index in [1.54, 1.807) is 18.5 Å². The maximum atomic E-state index is 13.4. The Morgan fingerprint density at radius 3 is 2.80 bits per heavy atom. The van der Waals surface area contributed by atoms with Gasteiger partial charge < -0.3 is 5.32 Å². The molecule has 0 fully saturated rings. The first-order valence-corrected chi connectivity index (χ1v) is 6.11. The Hall–Kier alpha value is -2.34. The zero-order valence-corrected chi connectivity index (χ0v) is 11.0. The number of rotatable bonds is 5. The van der Waals surface area contributed by atoms with Gasteiger partial charge in [-0.05, 0) is 35.7 Å². The van der Waals surface area contributed by atoms with E-state index in [-0.39, 0.29) is 0 Å². The van der Waals surface area contributed by atoms with Crippen LogP contribution >= 0.6 is 0 Å². The number of aryl methyl sites for hydroxylation is 1. The van der Waals surface area contributed by atoms with Crippen LogP contribution in [0.5, 0.6) is 0 Å². The van der Waals surface area contributed by atoms with Gasteiger partial charge in [-0.2, -0.15) is 4.39 Å². The van der Waals surface area contributed by atoms with E-state index in [0.29, 0.717) is 18.7 Å². The summed E-state index contributed by atoms with van der Waals surface area (Å²) in [6.07, 6.45) is 3.50. The minimum atomic E-state index is -0.813. The monoisotopic (exact) mass is 275 g/mol. The molecule has 1 aromatic carbocycles. The molecule has 0 unspecified atom stereocenters. The summed E-state index contributed by atoms with van der Waals surface area (Å²) in [7, 11) is 0. The standard InChI is InChI=1S/C14H14FN3O2/c1-10-4-5-16-8-12(10)9-17-7-11-2-3-14(18(19)20)13(15)6-11/h2-6,8,17H,7,9H2,1H3. The highest BCUT2D eigenvalue weighted by Gasteiger charge is 2.13. The average molecular weight is 275 g/mol. The molecule has 104 valence electrons. The molecule has 0 aliphatic rings. The first kappa shape index (κ1) is 14.1. The van der Waals surface area contributed by atoms with Crippen molar-refractivity contribution in [3.8, 4) is 0 Å². The topological polar surface area (TPSA) is 68.1 Å². The van der Waals surface area contributed by atoms with Crippen molar-refractivity contribution in [1.29, 1.82) is 0 Å². The van der Waals surface area contributed by atoms with Crippen molar-refractivity contribution in [2.24, 2.45) is 0 Å². The molecule has 0 spiro atoms. The number of nitrogens with one attached hydrogen (secondary N) is 1. The van der Waals surface area contributed by atoms with Crippen LogP contribution in [-0.4, -0.2) is 9.91 Å². The van der Waals surface area contributed by atoms with Crippen molar-refractivity contribution in [3.63, 3.8) is 0 Å². The molecule has 0 atom stereocenters. The third-order valence-electron chi connectivity index (χ3n) is 3.00. The van der Waals surface area contributed by atoms with Crippen LogP contribution in [0.3, 0.4) is 0 Å². The summed E-state index contributed by atoms with van der Waals surface area (Å²) in [5.41, 5.74) is 2.35. The van der Waals surface area contributed by atoms with E-state index >= 15 is 0 Å². The van der Waals surface area contributed by atoms with Crippen LogP contribution in [0.25, 0.3) is 0 Å². The smallest absolute Gasteiger partial charge is 0.304 e. The third kappa shape index (κ3) is 3.36. The number of nitro groups is 1. The van der Waals surface area contributed by atoms with Crippen LogP contribution in [0.15, 0.2) is 36.7 Å². The lowest BCUT2D eigenvalue weighted by atomic mass is 10.1. The second kappa shape index (κ2) is 6.21. The fourth-order valence-corrected chi connectivity index (χ4v) is 1.83. The summed E-state index contributed by atoms with van der Waals surface area (Å²) in [6.45, 7) is 3.03. The van der Waals surface area contributed by atoms with E-state index in [1.165, 1.54) is 12.1 Å². The Morgan fingerprint density at radius 1 is 1.35 bits per heavy atom. The number of aromatic nitrogens is 1. The number of benzene rings is 1. The van der Waals surface area contributed by atoms with Crippen LogP contribution < -0.4 is 5.32 Å². The third-order valence-corrected chi connectivity index (χ3v) is 3.00. The molecule has 6 heteroatoms. The molecule has 0 saturated carbocycles. The lowest BCUT2D eigenvalue weighted by Crippen LogP contribution is -2.14. The maximum absolute atomic E-state index is 13.4. The van der Waals surface area contributed by atoms with Crippen molar-refractivity contribution < 1.29 is 9.31 Å². The molecule has 1 heterocycles. The first-order chi connectivity index (χ1) is 9.58. The highest BCUT2D eigenvalue weighted by molar-refractivity contribution is 5.35. The molecular weight excluding hydrogens is 261 g/mol. The number of pyridine rings is 1. The fourth-order valence-electron chi connectivity index (χ4n) is 1.83. The molecular formula is C14H14FN3O2. The molecule has 0 bridgehead atoms.